The third-order valence-corrected chi connectivity index (χ3v) is 6.53. The lowest BCUT2D eigenvalue weighted by molar-refractivity contribution is -0.131. The fourth-order valence-corrected chi connectivity index (χ4v) is 4.32. The molecule has 1 aromatic carbocycles. The fourth-order valence-electron chi connectivity index (χ4n) is 4.32. The highest BCUT2D eigenvalue weighted by Crippen LogP contribution is 2.30. The Labute approximate surface area is 204 Å². The van der Waals surface area contributed by atoms with Crippen LogP contribution in [0, 0.1) is 11.7 Å². The van der Waals surface area contributed by atoms with Crippen LogP contribution >= 0.6 is 0 Å². The molecule has 0 saturated carbocycles. The molecule has 2 fully saturated rings. The van der Waals surface area contributed by atoms with E-state index in [0.29, 0.717) is 38.3 Å². The van der Waals surface area contributed by atoms with Crippen molar-refractivity contribution in [2.45, 2.75) is 25.2 Å². The Hall–Kier alpha value is -2.43. The molecule has 0 spiro atoms. The lowest BCUT2D eigenvalue weighted by Crippen LogP contribution is -2.45. The third kappa shape index (κ3) is 8.33. The maximum Gasteiger partial charge on any atom is 0.291 e. The predicted molar refractivity (Wildman–Crippen MR) is 127 cm³/mol. The highest BCUT2D eigenvalue weighted by Gasteiger charge is 2.29. The van der Waals surface area contributed by atoms with Gasteiger partial charge in [-0.25, -0.2) is 4.39 Å². The quantitative estimate of drug-likeness (QED) is 0.364. The van der Waals surface area contributed by atoms with Crippen LogP contribution in [-0.4, -0.2) is 87.2 Å². The molecule has 0 bridgehead atoms. The molecule has 2 amide bonds. The Morgan fingerprint density at radius 3 is 2.54 bits per heavy atom. The van der Waals surface area contributed by atoms with Crippen molar-refractivity contribution in [1.82, 2.24) is 20.4 Å². The summed E-state index contributed by atoms with van der Waals surface area (Å²) >= 11 is 0. The van der Waals surface area contributed by atoms with Crippen LogP contribution in [0.25, 0.3) is 0 Å². The van der Waals surface area contributed by atoms with Gasteiger partial charge in [-0.1, -0.05) is 6.58 Å². The van der Waals surface area contributed by atoms with Crippen LogP contribution in [0.3, 0.4) is 0 Å². The fraction of sp³-hybridized carbons (Fsp3) is 0.600. The summed E-state index contributed by atoms with van der Waals surface area (Å²) in [6, 6.07) is 2.62. The van der Waals surface area contributed by atoms with E-state index in [9.17, 15) is 22.8 Å². The van der Waals surface area contributed by atoms with Crippen molar-refractivity contribution in [2.24, 2.45) is 5.92 Å². The number of nitrogens with zero attached hydrogens (tertiary/aromatic N) is 2. The number of carbonyl (C=O) groups is 2. The SMILES string of the molecule is C=CC(F)(F)c1cc(F)cc(C(=O)NCC2CCN(C(=O)CNCCCN3CCOCC3)CC2)c1. The number of benzene rings is 1. The van der Waals surface area contributed by atoms with Gasteiger partial charge in [0.2, 0.25) is 5.91 Å². The molecule has 7 nitrogen and oxygen atoms in total. The van der Waals surface area contributed by atoms with Crippen LogP contribution in [0.2, 0.25) is 0 Å². The number of amides is 2. The number of rotatable bonds is 11. The summed E-state index contributed by atoms with van der Waals surface area (Å²) in [6.45, 7) is 10.2. The second-order valence-corrected chi connectivity index (χ2v) is 9.07. The highest BCUT2D eigenvalue weighted by molar-refractivity contribution is 5.94. The lowest BCUT2D eigenvalue weighted by Gasteiger charge is -2.32. The molecule has 0 radical (unpaired) electrons. The average molecular weight is 497 g/mol. The van der Waals surface area contributed by atoms with Gasteiger partial charge in [0, 0.05) is 43.9 Å². The van der Waals surface area contributed by atoms with Gasteiger partial charge < -0.3 is 20.3 Å². The molecule has 10 heteroatoms. The minimum atomic E-state index is -3.42. The number of alkyl halides is 2. The summed E-state index contributed by atoms with van der Waals surface area (Å²) < 4.78 is 46.8. The van der Waals surface area contributed by atoms with E-state index < -0.39 is 23.2 Å². The Kier molecular flexibility index (Phi) is 10.1. The van der Waals surface area contributed by atoms with Gasteiger partial charge in [-0.2, -0.15) is 8.78 Å². The van der Waals surface area contributed by atoms with E-state index in [-0.39, 0.29) is 17.4 Å². The maximum atomic E-state index is 13.8. The van der Waals surface area contributed by atoms with Gasteiger partial charge in [0.05, 0.1) is 19.8 Å². The van der Waals surface area contributed by atoms with Crippen LogP contribution in [0.15, 0.2) is 30.9 Å². The molecular weight excluding hydrogens is 461 g/mol. The Balaban J connectivity index is 1.34. The first-order chi connectivity index (χ1) is 16.8. The summed E-state index contributed by atoms with van der Waals surface area (Å²) in [7, 11) is 0. The summed E-state index contributed by atoms with van der Waals surface area (Å²) in [5.41, 5.74) is -0.770. The number of carbonyl (C=O) groups excluding carboxylic acids is 2. The summed E-state index contributed by atoms with van der Waals surface area (Å²) in [5.74, 6) is -4.71. The molecule has 0 atom stereocenters. The summed E-state index contributed by atoms with van der Waals surface area (Å²) in [4.78, 5) is 29.1. The molecule has 2 N–H and O–H groups in total. The largest absolute Gasteiger partial charge is 0.379 e. The van der Waals surface area contributed by atoms with Crippen molar-refractivity contribution < 1.29 is 27.5 Å². The van der Waals surface area contributed by atoms with Crippen LogP contribution in [0.4, 0.5) is 13.2 Å². The van der Waals surface area contributed by atoms with E-state index in [0.717, 1.165) is 70.8 Å². The Bertz CT molecular complexity index is 870. The number of nitrogens with one attached hydrogen (secondary N) is 2. The van der Waals surface area contributed by atoms with E-state index in [1.807, 2.05) is 4.90 Å². The molecular formula is C25H35F3N4O3. The van der Waals surface area contributed by atoms with Gasteiger partial charge in [0.15, 0.2) is 0 Å². The molecule has 2 aliphatic rings. The molecule has 35 heavy (non-hydrogen) atoms. The first-order valence-corrected chi connectivity index (χ1v) is 12.2. The van der Waals surface area contributed by atoms with Crippen LogP contribution in [0.5, 0.6) is 0 Å². The molecule has 0 unspecified atom stereocenters. The van der Waals surface area contributed by atoms with Crippen molar-refractivity contribution in [3.63, 3.8) is 0 Å². The van der Waals surface area contributed by atoms with Crippen molar-refractivity contribution in [1.29, 1.82) is 0 Å². The number of hydrogen-bond donors (Lipinski definition) is 2. The minimum absolute atomic E-state index is 0.0642. The average Bonchev–Trinajstić information content (AvgIpc) is 2.87. The molecule has 194 valence electrons. The molecule has 0 aliphatic carbocycles. The molecule has 0 aromatic heterocycles. The van der Waals surface area contributed by atoms with Crippen molar-refractivity contribution in [2.75, 3.05) is 65.6 Å². The monoisotopic (exact) mass is 496 g/mol. The number of allylic oxidation sites excluding steroid dienone is 1. The van der Waals surface area contributed by atoms with Crippen LogP contribution in [0.1, 0.15) is 35.2 Å². The zero-order chi connectivity index (χ0) is 25.3. The minimum Gasteiger partial charge on any atom is -0.379 e. The smallest absolute Gasteiger partial charge is 0.291 e. The first-order valence-electron chi connectivity index (χ1n) is 12.2. The van der Waals surface area contributed by atoms with E-state index in [1.54, 1.807) is 0 Å². The molecule has 2 heterocycles. The van der Waals surface area contributed by atoms with Gasteiger partial charge in [-0.15, -0.1) is 0 Å². The Morgan fingerprint density at radius 1 is 1.14 bits per heavy atom. The predicted octanol–water partition coefficient (Wildman–Crippen LogP) is 2.38. The number of hydrogen-bond acceptors (Lipinski definition) is 5. The zero-order valence-corrected chi connectivity index (χ0v) is 20.0. The number of morpholine rings is 1. The van der Waals surface area contributed by atoms with Crippen molar-refractivity contribution >= 4 is 11.8 Å². The second-order valence-electron chi connectivity index (χ2n) is 9.07. The number of halogens is 3. The van der Waals surface area contributed by atoms with Crippen LogP contribution in [-0.2, 0) is 15.5 Å². The molecule has 2 aliphatic heterocycles. The second kappa shape index (κ2) is 13.0. The maximum absolute atomic E-state index is 13.8. The van der Waals surface area contributed by atoms with Gasteiger partial charge in [-0.05, 0) is 62.5 Å². The van der Waals surface area contributed by atoms with Gasteiger partial charge in [0.25, 0.3) is 11.8 Å². The van der Waals surface area contributed by atoms with Gasteiger partial charge in [0.1, 0.15) is 5.82 Å². The van der Waals surface area contributed by atoms with Crippen molar-refractivity contribution in [3.8, 4) is 0 Å². The third-order valence-electron chi connectivity index (χ3n) is 6.53. The van der Waals surface area contributed by atoms with E-state index in [4.69, 9.17) is 4.74 Å². The van der Waals surface area contributed by atoms with Crippen molar-refractivity contribution in [3.05, 3.63) is 47.8 Å². The van der Waals surface area contributed by atoms with E-state index in [2.05, 4.69) is 22.1 Å². The number of likely N-dealkylation sites (tertiary alicyclic amines) is 1. The standard InChI is InChI=1S/C25H35F3N4O3/c1-2-25(27,28)21-14-20(15-22(26)16-21)24(34)30-17-19-4-8-32(9-5-19)23(33)18-29-6-3-7-31-10-12-35-13-11-31/h2,14-16,19,29H,1,3-13,17-18H2,(H,30,34). The van der Waals surface area contributed by atoms with Gasteiger partial charge >= 0.3 is 0 Å². The molecule has 1 aromatic rings. The first kappa shape index (κ1) is 27.2. The van der Waals surface area contributed by atoms with E-state index >= 15 is 0 Å². The summed E-state index contributed by atoms with van der Waals surface area (Å²) in [6.07, 6.45) is 2.85. The molecule has 3 rings (SSSR count). The topological polar surface area (TPSA) is 73.9 Å². The normalized spacial score (nSPS) is 17.9. The highest BCUT2D eigenvalue weighted by atomic mass is 19.3. The van der Waals surface area contributed by atoms with Crippen LogP contribution < -0.4 is 10.6 Å². The van der Waals surface area contributed by atoms with E-state index in [1.165, 1.54) is 0 Å². The zero-order valence-electron chi connectivity index (χ0n) is 20.0. The Morgan fingerprint density at radius 2 is 1.86 bits per heavy atom. The number of ether oxygens (including phenoxy) is 1. The molecule has 2 saturated heterocycles. The number of piperidine rings is 1. The lowest BCUT2D eigenvalue weighted by atomic mass is 9.96. The summed E-state index contributed by atoms with van der Waals surface area (Å²) in [5, 5.41) is 5.93. The van der Waals surface area contributed by atoms with Gasteiger partial charge in [-0.3, -0.25) is 14.5 Å².